The quantitative estimate of drug-likeness (QED) is 0.814. The number of amides is 1. The number of aryl methyl sites for hydroxylation is 1. The van der Waals surface area contributed by atoms with Crippen LogP contribution < -0.4 is 10.6 Å². The van der Waals surface area contributed by atoms with E-state index in [0.717, 1.165) is 31.6 Å². The molecule has 2 N–H and O–H groups in total. The molecule has 1 aliphatic rings. The van der Waals surface area contributed by atoms with Gasteiger partial charge >= 0.3 is 0 Å². The van der Waals surface area contributed by atoms with E-state index in [1.165, 1.54) is 0 Å². The Labute approximate surface area is 140 Å². The Balaban J connectivity index is 1.42. The van der Waals surface area contributed by atoms with E-state index in [4.69, 9.17) is 4.52 Å². The topological polar surface area (TPSA) is 96.2 Å². The number of likely N-dealkylation sites (tertiary alicyclic amines) is 1. The number of hydrogen-bond donors (Lipinski definition) is 2. The number of nitrogens with one attached hydrogen (secondary N) is 2. The third kappa shape index (κ3) is 4.84. The van der Waals surface area contributed by atoms with Crippen LogP contribution in [0.5, 0.6) is 0 Å². The number of piperidine rings is 1. The minimum absolute atomic E-state index is 0.0490. The van der Waals surface area contributed by atoms with E-state index in [-0.39, 0.29) is 11.9 Å². The van der Waals surface area contributed by atoms with Crippen molar-refractivity contribution >= 4 is 11.6 Å². The van der Waals surface area contributed by atoms with E-state index >= 15 is 0 Å². The van der Waals surface area contributed by atoms with Crippen LogP contribution in [0, 0.1) is 6.92 Å². The zero-order chi connectivity index (χ0) is 16.8. The van der Waals surface area contributed by atoms with Crippen molar-refractivity contribution in [3.63, 3.8) is 0 Å². The molecule has 1 fully saturated rings. The molecule has 0 aromatic carbocycles. The van der Waals surface area contributed by atoms with Crippen molar-refractivity contribution in [1.82, 2.24) is 25.3 Å². The lowest BCUT2D eigenvalue weighted by atomic mass is 10.1. The molecule has 1 amide bonds. The highest BCUT2D eigenvalue weighted by molar-refractivity contribution is 5.92. The Morgan fingerprint density at radius 3 is 3.00 bits per heavy atom. The molecule has 8 heteroatoms. The minimum Gasteiger partial charge on any atom is -0.340 e. The molecule has 0 aliphatic carbocycles. The van der Waals surface area contributed by atoms with Crippen LogP contribution in [0.15, 0.2) is 29.0 Å². The maximum absolute atomic E-state index is 12.0. The van der Waals surface area contributed by atoms with E-state index in [1.54, 1.807) is 31.5 Å². The number of nitrogens with zero attached hydrogens (tertiary/aromatic N) is 4. The van der Waals surface area contributed by atoms with Gasteiger partial charge in [0.25, 0.3) is 0 Å². The normalized spacial score (nSPS) is 18.5. The van der Waals surface area contributed by atoms with Crippen molar-refractivity contribution in [3.05, 3.63) is 36.2 Å². The molecule has 3 heterocycles. The summed E-state index contributed by atoms with van der Waals surface area (Å²) in [7, 11) is 0. The largest absolute Gasteiger partial charge is 0.340 e. The summed E-state index contributed by atoms with van der Waals surface area (Å²) in [5.41, 5.74) is 0.759. The molecular weight excluding hydrogens is 308 g/mol. The van der Waals surface area contributed by atoms with Crippen molar-refractivity contribution < 1.29 is 9.32 Å². The Kier molecular flexibility index (Phi) is 5.50. The predicted molar refractivity (Wildman–Crippen MR) is 88.2 cm³/mol. The highest BCUT2D eigenvalue weighted by atomic mass is 16.5. The van der Waals surface area contributed by atoms with Gasteiger partial charge in [-0.2, -0.15) is 4.98 Å². The van der Waals surface area contributed by atoms with Crippen LogP contribution in [0.1, 0.15) is 24.6 Å². The van der Waals surface area contributed by atoms with Crippen LogP contribution in [0.25, 0.3) is 0 Å². The molecular formula is C16H22N6O2. The van der Waals surface area contributed by atoms with Gasteiger partial charge in [0.1, 0.15) is 0 Å². The van der Waals surface area contributed by atoms with Crippen LogP contribution in [-0.2, 0) is 11.3 Å². The number of hydrogen-bond acceptors (Lipinski definition) is 7. The van der Waals surface area contributed by atoms with Gasteiger partial charge < -0.3 is 15.2 Å². The fourth-order valence-corrected chi connectivity index (χ4v) is 2.85. The Bertz CT molecular complexity index is 660. The molecule has 0 saturated carbocycles. The number of rotatable bonds is 6. The molecule has 8 nitrogen and oxygen atoms in total. The van der Waals surface area contributed by atoms with Gasteiger partial charge in [-0.3, -0.25) is 14.7 Å². The molecule has 0 radical (unpaired) electrons. The summed E-state index contributed by atoms with van der Waals surface area (Å²) in [5.74, 6) is 1.25. The molecule has 0 unspecified atom stereocenters. The molecule has 128 valence electrons. The maximum atomic E-state index is 12.0. The first-order chi connectivity index (χ1) is 11.7. The summed E-state index contributed by atoms with van der Waals surface area (Å²) in [6.45, 7) is 4.64. The Morgan fingerprint density at radius 2 is 2.25 bits per heavy atom. The van der Waals surface area contributed by atoms with Gasteiger partial charge in [-0.1, -0.05) is 5.16 Å². The van der Waals surface area contributed by atoms with Gasteiger partial charge in [0.15, 0.2) is 5.82 Å². The van der Waals surface area contributed by atoms with Gasteiger partial charge in [-0.05, 0) is 31.5 Å². The summed E-state index contributed by atoms with van der Waals surface area (Å²) in [4.78, 5) is 22.4. The Hall–Kier alpha value is -2.32. The van der Waals surface area contributed by atoms with Gasteiger partial charge in [0.05, 0.1) is 13.1 Å². The van der Waals surface area contributed by atoms with Crippen LogP contribution in [0.4, 0.5) is 5.69 Å². The van der Waals surface area contributed by atoms with Crippen molar-refractivity contribution in [2.75, 3.05) is 25.0 Å². The summed E-state index contributed by atoms with van der Waals surface area (Å²) in [5, 5.41) is 10.1. The van der Waals surface area contributed by atoms with Crippen molar-refractivity contribution in [2.24, 2.45) is 0 Å². The first kappa shape index (κ1) is 16.5. The molecule has 3 rings (SSSR count). The minimum atomic E-state index is -0.0490. The summed E-state index contributed by atoms with van der Waals surface area (Å²) < 4.78 is 5.01. The number of anilines is 1. The number of pyridine rings is 1. The number of carbonyl (C=O) groups excluding carboxylic acids is 1. The Morgan fingerprint density at radius 1 is 1.42 bits per heavy atom. The van der Waals surface area contributed by atoms with Gasteiger partial charge in [0.2, 0.25) is 11.8 Å². The lowest BCUT2D eigenvalue weighted by Gasteiger charge is -2.32. The molecule has 2 aromatic heterocycles. The molecule has 2 aromatic rings. The summed E-state index contributed by atoms with van der Waals surface area (Å²) >= 11 is 0. The molecule has 1 atom stereocenters. The zero-order valence-electron chi connectivity index (χ0n) is 13.7. The smallest absolute Gasteiger partial charge is 0.238 e. The highest BCUT2D eigenvalue weighted by Gasteiger charge is 2.21. The second-order valence-electron chi connectivity index (χ2n) is 5.97. The second kappa shape index (κ2) is 7.98. The van der Waals surface area contributed by atoms with E-state index in [2.05, 4.69) is 30.7 Å². The highest BCUT2D eigenvalue weighted by Crippen LogP contribution is 2.12. The van der Waals surface area contributed by atoms with Crippen LogP contribution >= 0.6 is 0 Å². The summed E-state index contributed by atoms with van der Waals surface area (Å²) in [6.07, 6.45) is 5.45. The van der Waals surface area contributed by atoms with Crippen LogP contribution in [0.3, 0.4) is 0 Å². The lowest BCUT2D eigenvalue weighted by molar-refractivity contribution is -0.115. The third-order valence-electron chi connectivity index (χ3n) is 3.96. The summed E-state index contributed by atoms with van der Waals surface area (Å²) in [6, 6.07) is 3.83. The SMILES string of the molecule is Cc1nc(CN2CCC[C@@H](NCC(=O)Nc3ccncc3)C2)no1. The van der Waals surface area contributed by atoms with E-state index in [0.29, 0.717) is 24.8 Å². The van der Waals surface area contributed by atoms with Crippen molar-refractivity contribution in [2.45, 2.75) is 32.4 Å². The van der Waals surface area contributed by atoms with Crippen LogP contribution in [-0.4, -0.2) is 51.6 Å². The van der Waals surface area contributed by atoms with E-state index in [1.807, 2.05) is 0 Å². The van der Waals surface area contributed by atoms with Crippen LogP contribution in [0.2, 0.25) is 0 Å². The van der Waals surface area contributed by atoms with Gasteiger partial charge in [-0.25, -0.2) is 0 Å². The zero-order valence-corrected chi connectivity index (χ0v) is 13.7. The van der Waals surface area contributed by atoms with Gasteiger partial charge in [-0.15, -0.1) is 0 Å². The van der Waals surface area contributed by atoms with Gasteiger partial charge in [0, 0.05) is 37.6 Å². The third-order valence-corrected chi connectivity index (χ3v) is 3.96. The second-order valence-corrected chi connectivity index (χ2v) is 5.97. The number of aromatic nitrogens is 3. The number of carbonyl (C=O) groups is 1. The molecule has 0 bridgehead atoms. The van der Waals surface area contributed by atoms with E-state index < -0.39 is 0 Å². The first-order valence-corrected chi connectivity index (χ1v) is 8.14. The van der Waals surface area contributed by atoms with Crippen molar-refractivity contribution in [1.29, 1.82) is 0 Å². The molecule has 0 spiro atoms. The maximum Gasteiger partial charge on any atom is 0.238 e. The fraction of sp³-hybridized carbons (Fsp3) is 0.500. The van der Waals surface area contributed by atoms with Crippen molar-refractivity contribution in [3.8, 4) is 0 Å². The average Bonchev–Trinajstić information content (AvgIpc) is 2.99. The lowest BCUT2D eigenvalue weighted by Crippen LogP contribution is -2.47. The predicted octanol–water partition coefficient (Wildman–Crippen LogP) is 0.966. The fourth-order valence-electron chi connectivity index (χ4n) is 2.85. The average molecular weight is 330 g/mol. The molecule has 24 heavy (non-hydrogen) atoms. The first-order valence-electron chi connectivity index (χ1n) is 8.14. The van der Waals surface area contributed by atoms with E-state index in [9.17, 15) is 4.79 Å². The standard InChI is InChI=1S/C16H22N6O2/c1-12-19-15(21-24-12)11-22-8-2-3-14(10-22)18-9-16(23)20-13-4-6-17-7-5-13/h4-7,14,18H,2-3,8-11H2,1H3,(H,17,20,23)/t14-/m1/s1. The molecule has 1 saturated heterocycles. The molecule has 1 aliphatic heterocycles. The monoisotopic (exact) mass is 330 g/mol.